The SMILES string of the molecule is O=C(NC1CCc2ccccc21)c1ccc2ccccc2n1. The third-order valence-corrected chi connectivity index (χ3v) is 4.27. The van der Waals surface area contributed by atoms with E-state index in [1.54, 1.807) is 6.07 Å². The lowest BCUT2D eigenvalue weighted by Gasteiger charge is -2.14. The van der Waals surface area contributed by atoms with Gasteiger partial charge in [0.05, 0.1) is 11.6 Å². The maximum atomic E-state index is 12.5. The second-order valence-corrected chi connectivity index (χ2v) is 5.65. The van der Waals surface area contributed by atoms with Crippen LogP contribution in [0.2, 0.25) is 0 Å². The number of amides is 1. The molecule has 1 aromatic heterocycles. The smallest absolute Gasteiger partial charge is 0.270 e. The highest BCUT2D eigenvalue weighted by Gasteiger charge is 2.24. The Hall–Kier alpha value is -2.68. The van der Waals surface area contributed by atoms with Gasteiger partial charge in [-0.25, -0.2) is 4.98 Å². The van der Waals surface area contributed by atoms with Gasteiger partial charge in [0.1, 0.15) is 5.69 Å². The average Bonchev–Trinajstić information content (AvgIpc) is 2.97. The van der Waals surface area contributed by atoms with Gasteiger partial charge in [0.15, 0.2) is 0 Å². The first-order chi connectivity index (χ1) is 10.8. The van der Waals surface area contributed by atoms with Gasteiger partial charge >= 0.3 is 0 Å². The highest BCUT2D eigenvalue weighted by atomic mass is 16.1. The summed E-state index contributed by atoms with van der Waals surface area (Å²) in [4.78, 5) is 16.9. The van der Waals surface area contributed by atoms with Gasteiger partial charge in [0.2, 0.25) is 0 Å². The number of para-hydroxylation sites is 1. The summed E-state index contributed by atoms with van der Waals surface area (Å²) in [6.07, 6.45) is 1.98. The molecular formula is C19H16N2O. The molecule has 1 amide bonds. The first-order valence-corrected chi connectivity index (χ1v) is 7.56. The van der Waals surface area contributed by atoms with Gasteiger partial charge in [-0.05, 0) is 36.1 Å². The fraction of sp³-hybridized carbons (Fsp3) is 0.158. The number of hydrogen-bond donors (Lipinski definition) is 1. The summed E-state index contributed by atoms with van der Waals surface area (Å²) in [5.41, 5.74) is 3.89. The third kappa shape index (κ3) is 2.25. The van der Waals surface area contributed by atoms with Crippen LogP contribution < -0.4 is 5.32 Å². The number of nitrogens with one attached hydrogen (secondary N) is 1. The van der Waals surface area contributed by atoms with E-state index in [-0.39, 0.29) is 11.9 Å². The Morgan fingerprint density at radius 1 is 1.00 bits per heavy atom. The zero-order valence-electron chi connectivity index (χ0n) is 12.1. The molecule has 1 heterocycles. The van der Waals surface area contributed by atoms with Crippen LogP contribution in [0.4, 0.5) is 0 Å². The fourth-order valence-electron chi connectivity index (χ4n) is 3.13. The fourth-order valence-corrected chi connectivity index (χ4v) is 3.13. The number of aromatic nitrogens is 1. The average molecular weight is 288 g/mol. The Kier molecular flexibility index (Phi) is 3.11. The molecule has 22 heavy (non-hydrogen) atoms. The summed E-state index contributed by atoms with van der Waals surface area (Å²) in [6, 6.07) is 20.0. The van der Waals surface area contributed by atoms with Crippen LogP contribution in [-0.2, 0) is 6.42 Å². The van der Waals surface area contributed by atoms with Crippen LogP contribution in [0.1, 0.15) is 34.1 Å². The van der Waals surface area contributed by atoms with Crippen LogP contribution in [0.15, 0.2) is 60.7 Å². The molecule has 0 bridgehead atoms. The second kappa shape index (κ2) is 5.26. The minimum absolute atomic E-state index is 0.0944. The van der Waals surface area contributed by atoms with Crippen LogP contribution in [-0.4, -0.2) is 10.9 Å². The van der Waals surface area contributed by atoms with Crippen molar-refractivity contribution in [1.82, 2.24) is 10.3 Å². The number of aryl methyl sites for hydroxylation is 1. The van der Waals surface area contributed by atoms with E-state index in [9.17, 15) is 4.79 Å². The summed E-state index contributed by atoms with van der Waals surface area (Å²) < 4.78 is 0. The van der Waals surface area contributed by atoms with E-state index in [1.165, 1.54) is 11.1 Å². The highest BCUT2D eigenvalue weighted by Crippen LogP contribution is 2.30. The van der Waals surface area contributed by atoms with E-state index < -0.39 is 0 Å². The number of carbonyl (C=O) groups excluding carboxylic acids is 1. The predicted molar refractivity (Wildman–Crippen MR) is 86.7 cm³/mol. The quantitative estimate of drug-likeness (QED) is 0.782. The van der Waals surface area contributed by atoms with E-state index in [4.69, 9.17) is 0 Å². The van der Waals surface area contributed by atoms with Crippen LogP contribution in [0, 0.1) is 0 Å². The summed E-state index contributed by atoms with van der Waals surface area (Å²) in [6.45, 7) is 0. The molecule has 1 unspecified atom stereocenters. The topological polar surface area (TPSA) is 42.0 Å². The van der Waals surface area contributed by atoms with Crippen molar-refractivity contribution in [3.63, 3.8) is 0 Å². The lowest BCUT2D eigenvalue weighted by molar-refractivity contribution is 0.0932. The lowest BCUT2D eigenvalue weighted by atomic mass is 10.1. The molecule has 0 fully saturated rings. The molecule has 0 saturated carbocycles. The van der Waals surface area contributed by atoms with Crippen molar-refractivity contribution in [2.24, 2.45) is 0 Å². The molecule has 1 atom stereocenters. The van der Waals surface area contributed by atoms with E-state index in [2.05, 4.69) is 22.4 Å². The van der Waals surface area contributed by atoms with E-state index in [0.29, 0.717) is 5.69 Å². The molecule has 0 saturated heterocycles. The zero-order valence-corrected chi connectivity index (χ0v) is 12.1. The van der Waals surface area contributed by atoms with Gasteiger partial charge in [0.25, 0.3) is 5.91 Å². The Labute approximate surface area is 129 Å². The van der Waals surface area contributed by atoms with Gasteiger partial charge in [-0.1, -0.05) is 48.5 Å². The van der Waals surface area contributed by atoms with Crippen molar-refractivity contribution >= 4 is 16.8 Å². The number of nitrogens with zero attached hydrogens (tertiary/aromatic N) is 1. The van der Waals surface area contributed by atoms with Gasteiger partial charge < -0.3 is 5.32 Å². The molecular weight excluding hydrogens is 272 g/mol. The van der Waals surface area contributed by atoms with Crippen LogP contribution in [0.25, 0.3) is 10.9 Å². The Morgan fingerprint density at radius 2 is 1.82 bits per heavy atom. The first kappa shape index (κ1) is 13.0. The monoisotopic (exact) mass is 288 g/mol. The predicted octanol–water partition coefficient (Wildman–Crippen LogP) is 3.65. The normalized spacial score (nSPS) is 16.5. The van der Waals surface area contributed by atoms with Crippen molar-refractivity contribution in [1.29, 1.82) is 0 Å². The standard InChI is InChI=1S/C19H16N2O/c22-19(18-12-10-14-6-2-4-8-16(14)20-18)21-17-11-9-13-5-1-3-7-15(13)17/h1-8,10,12,17H,9,11H2,(H,21,22). The molecule has 0 spiro atoms. The lowest BCUT2D eigenvalue weighted by Crippen LogP contribution is -2.27. The number of rotatable bonds is 2. The van der Waals surface area contributed by atoms with E-state index >= 15 is 0 Å². The van der Waals surface area contributed by atoms with Crippen molar-refractivity contribution in [3.8, 4) is 0 Å². The van der Waals surface area contributed by atoms with Crippen LogP contribution in [0.3, 0.4) is 0 Å². The summed E-state index contributed by atoms with van der Waals surface area (Å²) in [5, 5.41) is 4.16. The zero-order chi connectivity index (χ0) is 14.9. The molecule has 1 aliphatic rings. The van der Waals surface area contributed by atoms with Crippen molar-refractivity contribution < 1.29 is 4.79 Å². The molecule has 0 aliphatic heterocycles. The van der Waals surface area contributed by atoms with Crippen LogP contribution in [0.5, 0.6) is 0 Å². The molecule has 4 rings (SSSR count). The minimum atomic E-state index is -0.104. The highest BCUT2D eigenvalue weighted by molar-refractivity contribution is 5.95. The summed E-state index contributed by atoms with van der Waals surface area (Å²) in [7, 11) is 0. The second-order valence-electron chi connectivity index (χ2n) is 5.65. The molecule has 3 nitrogen and oxygen atoms in total. The maximum Gasteiger partial charge on any atom is 0.270 e. The molecule has 0 radical (unpaired) electrons. The Morgan fingerprint density at radius 3 is 2.77 bits per heavy atom. The summed E-state index contributed by atoms with van der Waals surface area (Å²) in [5.74, 6) is -0.104. The maximum absolute atomic E-state index is 12.5. The molecule has 108 valence electrons. The number of fused-ring (bicyclic) bond motifs is 2. The van der Waals surface area contributed by atoms with Gasteiger partial charge in [-0.3, -0.25) is 4.79 Å². The van der Waals surface area contributed by atoms with Gasteiger partial charge in [0, 0.05) is 5.39 Å². The number of benzene rings is 2. The number of pyridine rings is 1. The first-order valence-electron chi connectivity index (χ1n) is 7.56. The van der Waals surface area contributed by atoms with Gasteiger partial charge in [-0.2, -0.15) is 0 Å². The Balaban J connectivity index is 1.59. The molecule has 3 aromatic rings. The van der Waals surface area contributed by atoms with E-state index in [1.807, 2.05) is 42.5 Å². The van der Waals surface area contributed by atoms with Gasteiger partial charge in [-0.15, -0.1) is 0 Å². The number of carbonyl (C=O) groups is 1. The molecule has 2 aromatic carbocycles. The summed E-state index contributed by atoms with van der Waals surface area (Å²) >= 11 is 0. The molecule has 3 heteroatoms. The molecule has 1 aliphatic carbocycles. The largest absolute Gasteiger partial charge is 0.344 e. The number of hydrogen-bond acceptors (Lipinski definition) is 2. The van der Waals surface area contributed by atoms with Crippen molar-refractivity contribution in [2.45, 2.75) is 18.9 Å². The van der Waals surface area contributed by atoms with Crippen molar-refractivity contribution in [3.05, 3.63) is 77.5 Å². The molecule has 1 N–H and O–H groups in total. The van der Waals surface area contributed by atoms with Crippen LogP contribution >= 0.6 is 0 Å². The van der Waals surface area contributed by atoms with Crippen molar-refractivity contribution in [2.75, 3.05) is 0 Å². The minimum Gasteiger partial charge on any atom is -0.344 e. The third-order valence-electron chi connectivity index (χ3n) is 4.27. The van der Waals surface area contributed by atoms with E-state index in [0.717, 1.165) is 23.7 Å². The Bertz CT molecular complexity index is 857.